The molecule has 0 saturated heterocycles. The van der Waals surface area contributed by atoms with E-state index in [1.807, 2.05) is 6.92 Å². The van der Waals surface area contributed by atoms with E-state index in [9.17, 15) is 8.42 Å². The van der Waals surface area contributed by atoms with Gasteiger partial charge in [0.15, 0.2) is 0 Å². The minimum atomic E-state index is -3.23. The number of rotatable bonds is 7. The zero-order valence-corrected chi connectivity index (χ0v) is 14.4. The highest BCUT2D eigenvalue weighted by molar-refractivity contribution is 7.90. The fourth-order valence-corrected chi connectivity index (χ4v) is 2.54. The molecule has 5 heteroatoms. The van der Waals surface area contributed by atoms with Crippen LogP contribution < -0.4 is 10.0 Å². The lowest BCUT2D eigenvalue weighted by atomic mass is 10.1. The van der Waals surface area contributed by atoms with Gasteiger partial charge in [0.25, 0.3) is 0 Å². The normalized spacial score (nSPS) is 15.5. The van der Waals surface area contributed by atoms with Gasteiger partial charge in [0.05, 0.1) is 4.75 Å². The van der Waals surface area contributed by atoms with Crippen molar-refractivity contribution in [2.45, 2.75) is 84.1 Å². The molecule has 0 bridgehead atoms. The number of nitrogens with one attached hydrogen (secondary N) is 2. The molecule has 0 aromatic rings. The highest BCUT2D eigenvalue weighted by Crippen LogP contribution is 2.15. The third-order valence-electron chi connectivity index (χ3n) is 2.88. The SMILES string of the molecule is CC(CCCCNC(C)(C)C)NS(=O)(=O)C(C)(C)C. The van der Waals surface area contributed by atoms with E-state index in [4.69, 9.17) is 0 Å². The Labute approximate surface area is 119 Å². The molecular formula is C14H32N2O2S. The molecule has 0 saturated carbocycles. The van der Waals surface area contributed by atoms with E-state index in [0.717, 1.165) is 25.8 Å². The Balaban J connectivity index is 3.93. The molecule has 0 aliphatic heterocycles. The molecule has 19 heavy (non-hydrogen) atoms. The van der Waals surface area contributed by atoms with Gasteiger partial charge in [0, 0.05) is 11.6 Å². The van der Waals surface area contributed by atoms with Crippen molar-refractivity contribution in [2.24, 2.45) is 0 Å². The van der Waals surface area contributed by atoms with E-state index in [0.29, 0.717) is 0 Å². The van der Waals surface area contributed by atoms with Crippen molar-refractivity contribution in [1.82, 2.24) is 10.0 Å². The first kappa shape index (κ1) is 18.9. The highest BCUT2D eigenvalue weighted by atomic mass is 32.2. The van der Waals surface area contributed by atoms with Crippen LogP contribution in [-0.4, -0.2) is 31.3 Å². The minimum absolute atomic E-state index is 0.00105. The van der Waals surface area contributed by atoms with E-state index in [2.05, 4.69) is 30.8 Å². The average molecular weight is 292 g/mol. The molecule has 0 aliphatic rings. The van der Waals surface area contributed by atoms with Crippen molar-refractivity contribution in [2.75, 3.05) is 6.54 Å². The topological polar surface area (TPSA) is 58.2 Å². The maximum absolute atomic E-state index is 12.0. The molecule has 0 fully saturated rings. The van der Waals surface area contributed by atoms with E-state index >= 15 is 0 Å². The highest BCUT2D eigenvalue weighted by Gasteiger charge is 2.29. The zero-order chi connectivity index (χ0) is 15.3. The molecule has 0 heterocycles. The summed E-state index contributed by atoms with van der Waals surface area (Å²) in [5, 5.41) is 3.43. The van der Waals surface area contributed by atoms with Gasteiger partial charge in [-0.15, -0.1) is 0 Å². The fourth-order valence-electron chi connectivity index (χ4n) is 1.54. The molecule has 0 aromatic heterocycles. The van der Waals surface area contributed by atoms with Crippen LogP contribution in [0.5, 0.6) is 0 Å². The van der Waals surface area contributed by atoms with Crippen LogP contribution in [0.4, 0.5) is 0 Å². The lowest BCUT2D eigenvalue weighted by molar-refractivity contribution is 0.412. The van der Waals surface area contributed by atoms with Crippen LogP contribution in [0.15, 0.2) is 0 Å². The molecule has 2 N–H and O–H groups in total. The van der Waals surface area contributed by atoms with Crippen molar-refractivity contribution >= 4 is 10.0 Å². The molecule has 4 nitrogen and oxygen atoms in total. The quantitative estimate of drug-likeness (QED) is 0.709. The van der Waals surface area contributed by atoms with Gasteiger partial charge in [0.2, 0.25) is 10.0 Å². The number of unbranched alkanes of at least 4 members (excludes halogenated alkanes) is 1. The Hall–Kier alpha value is -0.130. The van der Waals surface area contributed by atoms with Gasteiger partial charge in [-0.1, -0.05) is 6.42 Å². The summed E-state index contributed by atoms with van der Waals surface area (Å²) in [5.41, 5.74) is 0.152. The predicted molar refractivity (Wildman–Crippen MR) is 82.9 cm³/mol. The molecule has 1 atom stereocenters. The summed E-state index contributed by atoms with van der Waals surface area (Å²) in [6.07, 6.45) is 2.97. The van der Waals surface area contributed by atoms with Crippen LogP contribution in [0.25, 0.3) is 0 Å². The molecule has 0 amide bonds. The molecule has 1 unspecified atom stereocenters. The number of hydrogen-bond acceptors (Lipinski definition) is 3. The van der Waals surface area contributed by atoms with Gasteiger partial charge in [-0.2, -0.15) is 0 Å². The third kappa shape index (κ3) is 8.60. The van der Waals surface area contributed by atoms with Crippen LogP contribution >= 0.6 is 0 Å². The van der Waals surface area contributed by atoms with Gasteiger partial charge in [-0.25, -0.2) is 13.1 Å². The summed E-state index contributed by atoms with van der Waals surface area (Å²) in [5.74, 6) is 0. The Morgan fingerprint density at radius 2 is 1.53 bits per heavy atom. The number of hydrogen-bond donors (Lipinski definition) is 2. The minimum Gasteiger partial charge on any atom is -0.312 e. The van der Waals surface area contributed by atoms with Gasteiger partial charge in [-0.05, 0) is 67.9 Å². The summed E-state index contributed by atoms with van der Waals surface area (Å²) >= 11 is 0. The molecule has 0 rings (SSSR count). The van der Waals surface area contributed by atoms with E-state index in [-0.39, 0.29) is 11.6 Å². The van der Waals surface area contributed by atoms with Crippen LogP contribution in [0, 0.1) is 0 Å². The van der Waals surface area contributed by atoms with Crippen LogP contribution in [0.3, 0.4) is 0 Å². The number of sulfonamides is 1. The summed E-state index contributed by atoms with van der Waals surface area (Å²) in [6, 6.07) is -0.00105. The van der Waals surface area contributed by atoms with Crippen molar-refractivity contribution in [1.29, 1.82) is 0 Å². The Morgan fingerprint density at radius 1 is 1.00 bits per heavy atom. The largest absolute Gasteiger partial charge is 0.312 e. The van der Waals surface area contributed by atoms with Crippen molar-refractivity contribution in [3.63, 3.8) is 0 Å². The smallest absolute Gasteiger partial charge is 0.216 e. The van der Waals surface area contributed by atoms with E-state index in [1.54, 1.807) is 20.8 Å². The molecule has 0 aromatic carbocycles. The molecule has 0 radical (unpaired) electrons. The summed E-state index contributed by atoms with van der Waals surface area (Å²) in [4.78, 5) is 0. The monoisotopic (exact) mass is 292 g/mol. The first-order valence-corrected chi connectivity index (χ1v) is 8.60. The molecular weight excluding hydrogens is 260 g/mol. The summed E-state index contributed by atoms with van der Waals surface area (Å²) in [6.45, 7) is 14.5. The van der Waals surface area contributed by atoms with Gasteiger partial charge >= 0.3 is 0 Å². The first-order valence-electron chi connectivity index (χ1n) is 7.12. The second-order valence-corrected chi connectivity index (χ2v) is 9.77. The molecule has 0 aliphatic carbocycles. The van der Waals surface area contributed by atoms with Gasteiger partial charge in [-0.3, -0.25) is 0 Å². The van der Waals surface area contributed by atoms with Gasteiger partial charge in [0.1, 0.15) is 0 Å². The van der Waals surface area contributed by atoms with Crippen molar-refractivity contribution in [3.8, 4) is 0 Å². The van der Waals surface area contributed by atoms with Crippen LogP contribution in [0.2, 0.25) is 0 Å². The second kappa shape index (κ2) is 7.04. The van der Waals surface area contributed by atoms with Crippen molar-refractivity contribution in [3.05, 3.63) is 0 Å². The predicted octanol–water partition coefficient (Wildman–Crippen LogP) is 2.65. The third-order valence-corrected chi connectivity index (χ3v) is 5.21. The Kier molecular flexibility index (Phi) is 7.00. The molecule has 0 spiro atoms. The average Bonchev–Trinajstić information content (AvgIpc) is 2.12. The lowest BCUT2D eigenvalue weighted by Crippen LogP contribution is -2.43. The van der Waals surface area contributed by atoms with Crippen molar-refractivity contribution < 1.29 is 8.42 Å². The maximum Gasteiger partial charge on any atom is 0.216 e. The standard InChI is InChI=1S/C14H32N2O2S/c1-12(16-19(17,18)14(5,6)7)10-8-9-11-15-13(2,3)4/h12,15-16H,8-11H2,1-7H3. The van der Waals surface area contributed by atoms with Crippen LogP contribution in [-0.2, 0) is 10.0 Å². The maximum atomic E-state index is 12.0. The second-order valence-electron chi connectivity index (χ2n) is 7.31. The fraction of sp³-hybridized carbons (Fsp3) is 1.00. The van der Waals surface area contributed by atoms with Gasteiger partial charge < -0.3 is 5.32 Å². The van der Waals surface area contributed by atoms with Crippen LogP contribution in [0.1, 0.15) is 67.7 Å². The van der Waals surface area contributed by atoms with E-state index in [1.165, 1.54) is 0 Å². The Bertz CT molecular complexity index is 351. The summed E-state index contributed by atoms with van der Waals surface area (Å²) < 4.78 is 25.9. The zero-order valence-electron chi connectivity index (χ0n) is 13.6. The Morgan fingerprint density at radius 3 is 1.95 bits per heavy atom. The lowest BCUT2D eigenvalue weighted by Gasteiger charge is -2.23. The summed E-state index contributed by atoms with van der Waals surface area (Å²) in [7, 11) is -3.23. The van der Waals surface area contributed by atoms with E-state index < -0.39 is 14.8 Å². The first-order chi connectivity index (χ1) is 8.35. The molecule has 116 valence electrons.